The molecule has 0 aromatic heterocycles. The fraction of sp³-hybridized carbons (Fsp3) is 0.125. The predicted molar refractivity (Wildman–Crippen MR) is 122 cm³/mol. The second-order valence-corrected chi connectivity index (χ2v) is 8.18. The number of nitrogens with one attached hydrogen (secondary N) is 1. The Morgan fingerprint density at radius 3 is 2.52 bits per heavy atom. The Labute approximate surface area is 188 Å². The minimum Gasteiger partial charge on any atom is -0.508 e. The SMILES string of the molecule is O=C(NN=Cc1ccc(Br)cc1)[C@@H](Cc1ccc(O)cc1)N1Cc2ccccc2C1=O. The summed E-state index contributed by atoms with van der Waals surface area (Å²) in [5.41, 5.74) is 5.76. The number of amides is 2. The molecule has 0 unspecified atom stereocenters. The Hall–Kier alpha value is -3.45. The summed E-state index contributed by atoms with van der Waals surface area (Å²) in [5.74, 6) is -0.400. The van der Waals surface area contributed by atoms with Crippen LogP contribution in [0.15, 0.2) is 82.4 Å². The third kappa shape index (κ3) is 4.83. The van der Waals surface area contributed by atoms with Gasteiger partial charge in [-0.3, -0.25) is 9.59 Å². The summed E-state index contributed by atoms with van der Waals surface area (Å²) in [5, 5.41) is 13.6. The van der Waals surface area contributed by atoms with Crippen molar-refractivity contribution in [1.82, 2.24) is 10.3 Å². The molecule has 31 heavy (non-hydrogen) atoms. The van der Waals surface area contributed by atoms with Crippen LogP contribution in [-0.4, -0.2) is 34.1 Å². The lowest BCUT2D eigenvalue weighted by atomic mass is 10.0. The van der Waals surface area contributed by atoms with Crippen molar-refractivity contribution in [2.24, 2.45) is 5.10 Å². The second-order valence-electron chi connectivity index (χ2n) is 7.26. The van der Waals surface area contributed by atoms with E-state index in [1.165, 1.54) is 0 Å². The number of phenols is 1. The molecule has 0 radical (unpaired) electrons. The van der Waals surface area contributed by atoms with Crippen LogP contribution in [0.3, 0.4) is 0 Å². The molecule has 0 aliphatic carbocycles. The topological polar surface area (TPSA) is 82.0 Å². The van der Waals surface area contributed by atoms with Crippen LogP contribution in [-0.2, 0) is 17.8 Å². The van der Waals surface area contributed by atoms with Crippen LogP contribution < -0.4 is 5.43 Å². The van der Waals surface area contributed by atoms with E-state index >= 15 is 0 Å². The van der Waals surface area contributed by atoms with E-state index in [0.29, 0.717) is 18.5 Å². The largest absolute Gasteiger partial charge is 0.508 e. The molecule has 0 saturated carbocycles. The number of hydrogen-bond acceptors (Lipinski definition) is 4. The number of nitrogens with zero attached hydrogens (tertiary/aromatic N) is 2. The number of phenolic OH excluding ortho intramolecular Hbond substituents is 1. The van der Waals surface area contributed by atoms with Gasteiger partial charge in [-0.25, -0.2) is 5.43 Å². The number of benzene rings is 3. The van der Waals surface area contributed by atoms with Crippen molar-refractivity contribution < 1.29 is 14.7 Å². The standard InChI is InChI=1S/C24H20BrN3O3/c25-19-9-5-17(6-10-19)14-26-27-23(30)22(13-16-7-11-20(29)12-8-16)28-15-18-3-1-2-4-21(18)24(28)31/h1-12,14,22,29H,13,15H2,(H,27,30)/t22-/m1/s1. The predicted octanol–water partition coefficient (Wildman–Crippen LogP) is 3.87. The highest BCUT2D eigenvalue weighted by Gasteiger charge is 2.36. The van der Waals surface area contributed by atoms with Crippen molar-refractivity contribution in [3.8, 4) is 5.75 Å². The molecule has 156 valence electrons. The van der Waals surface area contributed by atoms with E-state index in [1.54, 1.807) is 41.4 Å². The summed E-state index contributed by atoms with van der Waals surface area (Å²) in [6, 6.07) is 20.8. The molecule has 7 heteroatoms. The zero-order valence-electron chi connectivity index (χ0n) is 16.5. The molecule has 0 spiro atoms. The van der Waals surface area contributed by atoms with E-state index in [2.05, 4.69) is 26.5 Å². The summed E-state index contributed by atoms with van der Waals surface area (Å²) < 4.78 is 0.953. The van der Waals surface area contributed by atoms with E-state index in [4.69, 9.17) is 0 Å². The van der Waals surface area contributed by atoms with Gasteiger partial charge in [0.2, 0.25) is 0 Å². The van der Waals surface area contributed by atoms with Gasteiger partial charge in [-0.15, -0.1) is 0 Å². The van der Waals surface area contributed by atoms with Crippen molar-refractivity contribution >= 4 is 34.0 Å². The number of carbonyl (C=O) groups is 2. The maximum absolute atomic E-state index is 13.1. The number of halogens is 1. The van der Waals surface area contributed by atoms with Crippen molar-refractivity contribution in [3.05, 3.63) is 99.5 Å². The number of fused-ring (bicyclic) bond motifs is 1. The summed E-state index contributed by atoms with van der Waals surface area (Å²) in [6.07, 6.45) is 1.86. The highest BCUT2D eigenvalue weighted by molar-refractivity contribution is 9.10. The Bertz CT molecular complexity index is 1130. The van der Waals surface area contributed by atoms with E-state index in [-0.39, 0.29) is 17.6 Å². The number of carbonyl (C=O) groups excluding carboxylic acids is 2. The van der Waals surface area contributed by atoms with Gasteiger partial charge in [0.15, 0.2) is 0 Å². The molecule has 2 N–H and O–H groups in total. The maximum Gasteiger partial charge on any atom is 0.263 e. The minimum absolute atomic E-state index is 0.147. The molecular formula is C24H20BrN3O3. The normalized spacial score (nSPS) is 14.0. The van der Waals surface area contributed by atoms with Crippen molar-refractivity contribution in [3.63, 3.8) is 0 Å². The van der Waals surface area contributed by atoms with E-state index < -0.39 is 6.04 Å². The smallest absolute Gasteiger partial charge is 0.263 e. The van der Waals surface area contributed by atoms with Gasteiger partial charge in [-0.2, -0.15) is 5.10 Å². The molecule has 3 aromatic rings. The average Bonchev–Trinajstić information content (AvgIpc) is 3.11. The fourth-order valence-corrected chi connectivity index (χ4v) is 3.79. The molecule has 6 nitrogen and oxygen atoms in total. The van der Waals surface area contributed by atoms with Crippen LogP contribution in [0.1, 0.15) is 27.0 Å². The van der Waals surface area contributed by atoms with E-state index in [1.807, 2.05) is 42.5 Å². The molecule has 1 aliphatic rings. The van der Waals surface area contributed by atoms with Crippen LogP contribution in [0.25, 0.3) is 0 Å². The zero-order chi connectivity index (χ0) is 21.8. The highest BCUT2D eigenvalue weighted by Crippen LogP contribution is 2.26. The van der Waals surface area contributed by atoms with Gasteiger partial charge in [0.1, 0.15) is 11.8 Å². The van der Waals surface area contributed by atoms with Crippen LogP contribution in [0.5, 0.6) is 5.75 Å². The number of aromatic hydroxyl groups is 1. The molecule has 3 aromatic carbocycles. The van der Waals surface area contributed by atoms with E-state index in [9.17, 15) is 14.7 Å². The molecule has 4 rings (SSSR count). The molecular weight excluding hydrogens is 458 g/mol. The molecule has 2 amide bonds. The minimum atomic E-state index is -0.744. The summed E-state index contributed by atoms with van der Waals surface area (Å²) in [7, 11) is 0. The first-order valence-electron chi connectivity index (χ1n) is 9.76. The summed E-state index contributed by atoms with van der Waals surface area (Å²) in [4.78, 5) is 27.6. The third-order valence-corrected chi connectivity index (χ3v) is 5.68. The van der Waals surface area contributed by atoms with Crippen LogP contribution in [0.4, 0.5) is 0 Å². The van der Waals surface area contributed by atoms with E-state index in [0.717, 1.165) is 21.2 Å². The van der Waals surface area contributed by atoms with Gasteiger partial charge in [0, 0.05) is 23.0 Å². The van der Waals surface area contributed by atoms with Crippen LogP contribution >= 0.6 is 15.9 Å². The summed E-state index contributed by atoms with van der Waals surface area (Å²) in [6.45, 7) is 0.363. The lowest BCUT2D eigenvalue weighted by molar-refractivity contribution is -0.125. The van der Waals surface area contributed by atoms with Crippen LogP contribution in [0, 0.1) is 0 Å². The number of rotatable bonds is 6. The Balaban J connectivity index is 1.54. The fourth-order valence-electron chi connectivity index (χ4n) is 3.52. The summed E-state index contributed by atoms with van der Waals surface area (Å²) >= 11 is 3.38. The quantitative estimate of drug-likeness (QED) is 0.417. The van der Waals surface area contributed by atoms with Crippen molar-refractivity contribution in [2.45, 2.75) is 19.0 Å². The van der Waals surface area contributed by atoms with Gasteiger partial charge in [-0.1, -0.05) is 58.4 Å². The zero-order valence-corrected chi connectivity index (χ0v) is 18.1. The average molecular weight is 478 g/mol. The van der Waals surface area contributed by atoms with Gasteiger partial charge < -0.3 is 10.0 Å². The third-order valence-electron chi connectivity index (χ3n) is 5.15. The van der Waals surface area contributed by atoms with Crippen molar-refractivity contribution in [1.29, 1.82) is 0 Å². The Morgan fingerprint density at radius 1 is 1.10 bits per heavy atom. The first-order chi connectivity index (χ1) is 15.0. The Kier molecular flexibility index (Phi) is 6.13. The second kappa shape index (κ2) is 9.14. The van der Waals surface area contributed by atoms with Crippen molar-refractivity contribution in [2.75, 3.05) is 0 Å². The first kappa shape index (κ1) is 20.8. The number of hydrazone groups is 1. The maximum atomic E-state index is 13.1. The van der Waals surface area contributed by atoms with Gasteiger partial charge in [0.25, 0.3) is 11.8 Å². The molecule has 1 heterocycles. The highest BCUT2D eigenvalue weighted by atomic mass is 79.9. The molecule has 1 atom stereocenters. The monoisotopic (exact) mass is 477 g/mol. The number of hydrogen-bond donors (Lipinski definition) is 2. The van der Waals surface area contributed by atoms with Gasteiger partial charge >= 0.3 is 0 Å². The van der Waals surface area contributed by atoms with Gasteiger partial charge in [0.05, 0.1) is 6.21 Å². The molecule has 0 bridgehead atoms. The molecule has 1 aliphatic heterocycles. The van der Waals surface area contributed by atoms with Gasteiger partial charge in [-0.05, 0) is 47.0 Å². The lowest BCUT2D eigenvalue weighted by Gasteiger charge is -2.26. The lowest BCUT2D eigenvalue weighted by Crippen LogP contribution is -2.47. The first-order valence-corrected chi connectivity index (χ1v) is 10.6. The molecule has 0 saturated heterocycles. The molecule has 0 fully saturated rings. The van der Waals surface area contributed by atoms with Crippen LogP contribution in [0.2, 0.25) is 0 Å². The Morgan fingerprint density at radius 2 is 1.81 bits per heavy atom.